The number of benzene rings is 3. The Bertz CT molecular complexity index is 1360. The molecule has 0 aliphatic rings. The molecule has 0 radical (unpaired) electrons. The number of carbonyl (C=O) groups excluding carboxylic acids is 2. The van der Waals surface area contributed by atoms with Crippen LogP contribution in [0.4, 0.5) is 5.13 Å². The maximum absolute atomic E-state index is 13.3. The standard InChI is InChI=1S/C29H30N4O3S/c1-29(2,3)22-15-13-20(14-16-22)25(34)30-24(17-19-9-6-5-7-10-19)26(35)31-28-33-32-27(37-28)21-11-8-12-23(18-21)36-4/h5-16,18,24H,17H2,1-4H3,(H,30,34)(H,31,33,35)/t24-/m1/s1. The Hall–Kier alpha value is -4.04. The lowest BCUT2D eigenvalue weighted by molar-refractivity contribution is -0.118. The van der Waals surface area contributed by atoms with Crippen molar-refractivity contribution in [1.29, 1.82) is 0 Å². The Kier molecular flexibility index (Phi) is 7.98. The third-order valence-corrected chi connectivity index (χ3v) is 6.78. The summed E-state index contributed by atoms with van der Waals surface area (Å²) < 4.78 is 5.28. The highest BCUT2D eigenvalue weighted by Crippen LogP contribution is 2.29. The molecule has 4 rings (SSSR count). The summed E-state index contributed by atoms with van der Waals surface area (Å²) >= 11 is 1.25. The van der Waals surface area contributed by atoms with Gasteiger partial charge in [0, 0.05) is 17.5 Å². The number of hydrogen-bond acceptors (Lipinski definition) is 6. The van der Waals surface area contributed by atoms with E-state index in [0.29, 0.717) is 27.9 Å². The van der Waals surface area contributed by atoms with Gasteiger partial charge in [0.05, 0.1) is 7.11 Å². The van der Waals surface area contributed by atoms with Crippen molar-refractivity contribution in [3.63, 3.8) is 0 Å². The Balaban J connectivity index is 1.51. The Morgan fingerprint density at radius 3 is 2.35 bits per heavy atom. The van der Waals surface area contributed by atoms with Crippen molar-refractivity contribution in [3.8, 4) is 16.3 Å². The zero-order chi connectivity index (χ0) is 26.4. The molecule has 3 aromatic carbocycles. The van der Waals surface area contributed by atoms with Gasteiger partial charge in [0.1, 0.15) is 16.8 Å². The number of aromatic nitrogens is 2. The van der Waals surface area contributed by atoms with Gasteiger partial charge in [-0.05, 0) is 40.8 Å². The number of hydrogen-bond donors (Lipinski definition) is 2. The number of amides is 2. The van der Waals surface area contributed by atoms with Crippen molar-refractivity contribution >= 4 is 28.3 Å². The smallest absolute Gasteiger partial charge is 0.251 e. The minimum Gasteiger partial charge on any atom is -0.497 e. The molecular formula is C29H30N4O3S. The minimum absolute atomic E-state index is 0.0176. The number of ether oxygens (including phenoxy) is 1. The van der Waals surface area contributed by atoms with Crippen LogP contribution < -0.4 is 15.4 Å². The van der Waals surface area contributed by atoms with Crippen LogP contribution in [0, 0.1) is 0 Å². The molecule has 7 nitrogen and oxygen atoms in total. The van der Waals surface area contributed by atoms with E-state index in [1.807, 2.05) is 66.7 Å². The van der Waals surface area contributed by atoms with E-state index in [-0.39, 0.29) is 17.2 Å². The van der Waals surface area contributed by atoms with E-state index in [0.717, 1.165) is 16.7 Å². The first-order valence-electron chi connectivity index (χ1n) is 12.0. The van der Waals surface area contributed by atoms with Gasteiger partial charge in [0.15, 0.2) is 0 Å². The summed E-state index contributed by atoms with van der Waals surface area (Å²) in [7, 11) is 1.60. The first kappa shape index (κ1) is 26.0. The quantitative estimate of drug-likeness (QED) is 0.324. The molecule has 0 aliphatic carbocycles. The second-order valence-corrected chi connectivity index (χ2v) is 10.7. The maximum Gasteiger partial charge on any atom is 0.251 e. The highest BCUT2D eigenvalue weighted by molar-refractivity contribution is 7.18. The number of rotatable bonds is 8. The van der Waals surface area contributed by atoms with Gasteiger partial charge >= 0.3 is 0 Å². The van der Waals surface area contributed by atoms with Crippen LogP contribution >= 0.6 is 11.3 Å². The van der Waals surface area contributed by atoms with E-state index in [4.69, 9.17) is 4.74 Å². The number of anilines is 1. The molecule has 2 N–H and O–H groups in total. The average molecular weight is 515 g/mol. The fourth-order valence-electron chi connectivity index (χ4n) is 3.76. The lowest BCUT2D eigenvalue weighted by Crippen LogP contribution is -2.45. The number of carbonyl (C=O) groups is 2. The highest BCUT2D eigenvalue weighted by atomic mass is 32.1. The predicted molar refractivity (Wildman–Crippen MR) is 147 cm³/mol. The Morgan fingerprint density at radius 2 is 1.68 bits per heavy atom. The van der Waals surface area contributed by atoms with Crippen molar-refractivity contribution in [1.82, 2.24) is 15.5 Å². The summed E-state index contributed by atoms with van der Waals surface area (Å²) in [6.45, 7) is 6.36. The number of nitrogens with zero attached hydrogens (tertiary/aromatic N) is 2. The molecule has 0 spiro atoms. The van der Waals surface area contributed by atoms with Crippen LogP contribution in [-0.4, -0.2) is 35.2 Å². The first-order valence-corrected chi connectivity index (χ1v) is 12.8. The highest BCUT2D eigenvalue weighted by Gasteiger charge is 2.24. The van der Waals surface area contributed by atoms with Gasteiger partial charge in [-0.2, -0.15) is 0 Å². The zero-order valence-electron chi connectivity index (χ0n) is 21.3. The molecule has 0 bridgehead atoms. The SMILES string of the molecule is COc1cccc(-c2nnc(NC(=O)[C@@H](Cc3ccccc3)NC(=O)c3ccc(C(C)(C)C)cc3)s2)c1. The summed E-state index contributed by atoms with van der Waals surface area (Å²) in [6, 6.07) is 23.7. The fraction of sp³-hybridized carbons (Fsp3) is 0.241. The largest absolute Gasteiger partial charge is 0.497 e. The van der Waals surface area contributed by atoms with Crippen molar-refractivity contribution in [2.45, 2.75) is 38.6 Å². The van der Waals surface area contributed by atoms with E-state index in [1.54, 1.807) is 19.2 Å². The zero-order valence-corrected chi connectivity index (χ0v) is 22.1. The molecular weight excluding hydrogens is 484 g/mol. The van der Waals surface area contributed by atoms with Crippen molar-refractivity contribution < 1.29 is 14.3 Å². The minimum atomic E-state index is -0.804. The van der Waals surface area contributed by atoms with E-state index in [1.165, 1.54) is 11.3 Å². The van der Waals surface area contributed by atoms with Crippen LogP contribution in [0.3, 0.4) is 0 Å². The molecule has 1 heterocycles. The normalized spacial score (nSPS) is 12.0. The molecule has 1 atom stereocenters. The average Bonchev–Trinajstić information content (AvgIpc) is 3.37. The molecule has 0 saturated heterocycles. The van der Waals surface area contributed by atoms with Crippen LogP contribution in [-0.2, 0) is 16.6 Å². The van der Waals surface area contributed by atoms with Gasteiger partial charge in [0.25, 0.3) is 5.91 Å². The molecule has 4 aromatic rings. The van der Waals surface area contributed by atoms with E-state index < -0.39 is 6.04 Å². The monoisotopic (exact) mass is 514 g/mol. The molecule has 8 heteroatoms. The second-order valence-electron chi connectivity index (χ2n) is 9.68. The van der Waals surface area contributed by atoms with Gasteiger partial charge in [-0.25, -0.2) is 0 Å². The second kappa shape index (κ2) is 11.3. The van der Waals surface area contributed by atoms with E-state index >= 15 is 0 Å². The molecule has 2 amide bonds. The summed E-state index contributed by atoms with van der Waals surface area (Å²) in [5, 5.41) is 15.1. The van der Waals surface area contributed by atoms with E-state index in [2.05, 4.69) is 41.6 Å². The lowest BCUT2D eigenvalue weighted by Gasteiger charge is -2.20. The molecule has 0 saturated carbocycles. The van der Waals surface area contributed by atoms with Crippen LogP contribution in [0.2, 0.25) is 0 Å². The molecule has 1 aromatic heterocycles. The topological polar surface area (TPSA) is 93.2 Å². The summed E-state index contributed by atoms with van der Waals surface area (Å²) in [4.78, 5) is 26.4. The van der Waals surface area contributed by atoms with Crippen molar-refractivity contribution in [2.75, 3.05) is 12.4 Å². The predicted octanol–water partition coefficient (Wildman–Crippen LogP) is 5.49. The van der Waals surface area contributed by atoms with Crippen molar-refractivity contribution in [2.24, 2.45) is 0 Å². The molecule has 0 fully saturated rings. The Labute approximate surface area is 220 Å². The van der Waals surface area contributed by atoms with E-state index in [9.17, 15) is 9.59 Å². The summed E-state index contributed by atoms with van der Waals surface area (Å²) in [5.41, 5.74) is 3.38. The fourth-order valence-corrected chi connectivity index (χ4v) is 4.50. The van der Waals surface area contributed by atoms with Crippen LogP contribution in [0.1, 0.15) is 42.3 Å². The first-order chi connectivity index (χ1) is 17.7. The van der Waals surface area contributed by atoms with Crippen molar-refractivity contribution in [3.05, 3.63) is 95.6 Å². The molecule has 0 aliphatic heterocycles. The van der Waals surface area contributed by atoms with Crippen LogP contribution in [0.15, 0.2) is 78.9 Å². The number of methoxy groups -OCH3 is 1. The van der Waals surface area contributed by atoms with Gasteiger partial charge in [0.2, 0.25) is 11.0 Å². The molecule has 190 valence electrons. The Morgan fingerprint density at radius 1 is 0.946 bits per heavy atom. The van der Waals surface area contributed by atoms with Gasteiger partial charge in [-0.3, -0.25) is 14.9 Å². The third kappa shape index (κ3) is 6.80. The van der Waals surface area contributed by atoms with Crippen LogP contribution in [0.5, 0.6) is 5.75 Å². The third-order valence-electron chi connectivity index (χ3n) is 5.89. The number of nitrogens with one attached hydrogen (secondary N) is 2. The lowest BCUT2D eigenvalue weighted by atomic mass is 9.86. The van der Waals surface area contributed by atoms with Gasteiger partial charge in [-0.1, -0.05) is 86.7 Å². The van der Waals surface area contributed by atoms with Gasteiger partial charge in [-0.15, -0.1) is 10.2 Å². The summed E-state index contributed by atoms with van der Waals surface area (Å²) in [5.74, 6) is 0.0298. The van der Waals surface area contributed by atoms with Gasteiger partial charge < -0.3 is 10.1 Å². The van der Waals surface area contributed by atoms with Crippen LogP contribution in [0.25, 0.3) is 10.6 Å². The maximum atomic E-state index is 13.3. The summed E-state index contributed by atoms with van der Waals surface area (Å²) in [6.07, 6.45) is 0.333. The molecule has 0 unspecified atom stereocenters. The molecule has 37 heavy (non-hydrogen) atoms.